The smallest absolute Gasteiger partial charge is 0.275 e. The van der Waals surface area contributed by atoms with Crippen LogP contribution in [0.5, 0.6) is 0 Å². The quantitative estimate of drug-likeness (QED) is 0.892. The van der Waals surface area contributed by atoms with Gasteiger partial charge in [0.15, 0.2) is 4.60 Å². The maximum Gasteiger partial charge on any atom is 0.282 e. The molecule has 20 heavy (non-hydrogen) atoms. The Morgan fingerprint density at radius 2 is 2.20 bits per heavy atom. The Morgan fingerprint density at radius 1 is 1.50 bits per heavy atom. The van der Waals surface area contributed by atoms with Crippen LogP contribution in [0.15, 0.2) is 27.8 Å². The molecule has 1 heterocycles. The van der Waals surface area contributed by atoms with Gasteiger partial charge in [-0.15, -0.1) is 5.10 Å². The molecule has 104 valence electrons. The monoisotopic (exact) mass is 359 g/mol. The number of halogens is 2. The summed E-state index contributed by atoms with van der Waals surface area (Å²) in [4.78, 5) is 0. The molecule has 0 atom stereocenters. The summed E-state index contributed by atoms with van der Waals surface area (Å²) in [7, 11) is -2.66. The van der Waals surface area contributed by atoms with E-state index in [0.717, 1.165) is 10.7 Å². The van der Waals surface area contributed by atoms with Crippen LogP contribution in [0.25, 0.3) is 0 Å². The number of nitriles is 1. The Balaban J connectivity index is 2.42. The number of hydrogen-bond donors (Lipinski definition) is 1. The molecule has 2 rings (SSSR count). The van der Waals surface area contributed by atoms with Gasteiger partial charge in [-0.2, -0.15) is 13.7 Å². The number of rotatable bonds is 3. The third-order valence-corrected chi connectivity index (χ3v) is 4.59. The number of nitrogens with zero attached hydrogens (tertiary/aromatic N) is 4. The van der Waals surface area contributed by atoms with Gasteiger partial charge in [-0.1, -0.05) is 5.21 Å². The lowest BCUT2D eigenvalue weighted by atomic mass is 10.2. The van der Waals surface area contributed by atoms with Crippen molar-refractivity contribution in [3.8, 4) is 6.07 Å². The molecule has 0 fully saturated rings. The Morgan fingerprint density at radius 3 is 2.70 bits per heavy atom. The summed E-state index contributed by atoms with van der Waals surface area (Å²) in [6.07, 6.45) is 0. The molecule has 0 unspecified atom stereocenters. The van der Waals surface area contributed by atoms with Crippen molar-refractivity contribution < 1.29 is 12.8 Å². The number of hydrogen-bond acceptors (Lipinski definition) is 5. The molecule has 2 aromatic rings. The summed E-state index contributed by atoms with van der Waals surface area (Å²) in [5.41, 5.74) is -0.175. The largest absolute Gasteiger partial charge is 0.282 e. The first-order chi connectivity index (χ1) is 9.35. The average molecular weight is 360 g/mol. The van der Waals surface area contributed by atoms with Crippen LogP contribution < -0.4 is 4.72 Å². The fraction of sp³-hybridized carbons (Fsp3) is 0.100. The molecule has 7 nitrogen and oxygen atoms in total. The zero-order chi connectivity index (χ0) is 14.9. The fourth-order valence-corrected chi connectivity index (χ4v) is 3.63. The van der Waals surface area contributed by atoms with Gasteiger partial charge in [-0.05, 0) is 34.1 Å². The minimum absolute atomic E-state index is 0.0153. The van der Waals surface area contributed by atoms with E-state index in [1.165, 1.54) is 19.2 Å². The van der Waals surface area contributed by atoms with Crippen LogP contribution in [0.3, 0.4) is 0 Å². The second kappa shape index (κ2) is 5.18. The molecule has 0 aliphatic heterocycles. The molecular formula is C10H7BrFN5O2S. The van der Waals surface area contributed by atoms with Crippen molar-refractivity contribution in [1.82, 2.24) is 15.0 Å². The van der Waals surface area contributed by atoms with Crippen molar-refractivity contribution in [2.75, 3.05) is 4.72 Å². The number of anilines is 1. The van der Waals surface area contributed by atoms with E-state index < -0.39 is 15.8 Å². The summed E-state index contributed by atoms with van der Waals surface area (Å²) in [5.74, 6) is -0.848. The average Bonchev–Trinajstić information content (AvgIpc) is 2.72. The molecule has 0 spiro atoms. The standard InChI is InChI=1S/C10H7BrFN5O2S/c1-17-10(9(11)14-16-17)20(18,19)15-8-3-2-6(5-13)4-7(8)12/h2-4,15H,1H3. The Labute approximate surface area is 122 Å². The lowest BCUT2D eigenvalue weighted by Crippen LogP contribution is -2.18. The van der Waals surface area contributed by atoms with Crippen LogP contribution in [0.1, 0.15) is 5.56 Å². The highest BCUT2D eigenvalue weighted by atomic mass is 79.9. The van der Waals surface area contributed by atoms with Gasteiger partial charge in [0, 0.05) is 7.05 Å². The minimum Gasteiger partial charge on any atom is -0.275 e. The van der Waals surface area contributed by atoms with E-state index in [-0.39, 0.29) is 20.9 Å². The minimum atomic E-state index is -4.06. The maximum absolute atomic E-state index is 13.7. The van der Waals surface area contributed by atoms with Crippen molar-refractivity contribution in [2.24, 2.45) is 7.05 Å². The first-order valence-corrected chi connectivity index (χ1v) is 7.40. The molecule has 1 N–H and O–H groups in total. The van der Waals surface area contributed by atoms with Gasteiger partial charge in [0.1, 0.15) is 5.82 Å². The van der Waals surface area contributed by atoms with Gasteiger partial charge in [0.05, 0.1) is 17.3 Å². The number of sulfonamides is 1. The summed E-state index contributed by atoms with van der Waals surface area (Å²) >= 11 is 2.96. The molecule has 1 aromatic carbocycles. The number of benzene rings is 1. The van der Waals surface area contributed by atoms with Crippen molar-refractivity contribution in [3.05, 3.63) is 34.2 Å². The van der Waals surface area contributed by atoms with Gasteiger partial charge in [0.2, 0.25) is 5.03 Å². The lowest BCUT2D eigenvalue weighted by molar-refractivity contribution is 0.577. The van der Waals surface area contributed by atoms with Crippen molar-refractivity contribution >= 4 is 31.6 Å². The van der Waals surface area contributed by atoms with E-state index in [9.17, 15) is 12.8 Å². The van der Waals surface area contributed by atoms with E-state index in [4.69, 9.17) is 5.26 Å². The summed E-state index contributed by atoms with van der Waals surface area (Å²) in [6, 6.07) is 5.17. The van der Waals surface area contributed by atoms with Crippen LogP contribution in [0.4, 0.5) is 10.1 Å². The predicted molar refractivity (Wildman–Crippen MR) is 70.6 cm³/mol. The fourth-order valence-electron chi connectivity index (χ4n) is 1.47. The van der Waals surface area contributed by atoms with E-state index in [1.807, 2.05) is 0 Å². The van der Waals surface area contributed by atoms with E-state index in [0.29, 0.717) is 0 Å². The molecule has 0 saturated heterocycles. The second-order valence-electron chi connectivity index (χ2n) is 3.72. The number of aryl methyl sites for hydroxylation is 1. The third-order valence-electron chi connectivity index (χ3n) is 2.33. The highest BCUT2D eigenvalue weighted by Crippen LogP contribution is 2.23. The van der Waals surface area contributed by atoms with Crippen LogP contribution in [-0.2, 0) is 17.1 Å². The summed E-state index contributed by atoms with van der Waals surface area (Å²) in [6.45, 7) is 0. The SMILES string of the molecule is Cn1nnc(Br)c1S(=O)(=O)Nc1ccc(C#N)cc1F. The van der Waals surface area contributed by atoms with Crippen LogP contribution in [0.2, 0.25) is 0 Å². The van der Waals surface area contributed by atoms with Crippen molar-refractivity contribution in [2.45, 2.75) is 5.03 Å². The van der Waals surface area contributed by atoms with E-state index in [1.54, 1.807) is 6.07 Å². The molecule has 0 radical (unpaired) electrons. The van der Waals surface area contributed by atoms with Crippen molar-refractivity contribution in [1.29, 1.82) is 5.26 Å². The maximum atomic E-state index is 13.7. The second-order valence-corrected chi connectivity index (χ2v) is 6.07. The topological polar surface area (TPSA) is 101 Å². The van der Waals surface area contributed by atoms with Gasteiger partial charge >= 0.3 is 0 Å². The van der Waals surface area contributed by atoms with Gasteiger partial charge in [0.25, 0.3) is 10.0 Å². The molecule has 1 aromatic heterocycles. The first-order valence-electron chi connectivity index (χ1n) is 5.13. The molecule has 10 heteroatoms. The molecule has 0 amide bonds. The summed E-state index contributed by atoms with van der Waals surface area (Å²) in [5, 5.41) is 15.5. The van der Waals surface area contributed by atoms with Gasteiger partial charge in [-0.25, -0.2) is 9.07 Å². The highest BCUT2D eigenvalue weighted by molar-refractivity contribution is 9.10. The van der Waals surface area contributed by atoms with Crippen LogP contribution in [-0.4, -0.2) is 23.4 Å². The van der Waals surface area contributed by atoms with Crippen LogP contribution in [0, 0.1) is 17.1 Å². The van der Waals surface area contributed by atoms with E-state index in [2.05, 4.69) is 31.0 Å². The van der Waals surface area contributed by atoms with Gasteiger partial charge in [-0.3, -0.25) is 4.72 Å². The Hall–Kier alpha value is -1.99. The Kier molecular flexibility index (Phi) is 3.74. The first kappa shape index (κ1) is 14.4. The van der Waals surface area contributed by atoms with Crippen molar-refractivity contribution in [3.63, 3.8) is 0 Å². The third kappa shape index (κ3) is 2.63. The number of aromatic nitrogens is 3. The van der Waals surface area contributed by atoms with Gasteiger partial charge < -0.3 is 0 Å². The highest BCUT2D eigenvalue weighted by Gasteiger charge is 2.25. The predicted octanol–water partition coefficient (Wildman–Crippen LogP) is 1.39. The number of nitrogens with one attached hydrogen (secondary N) is 1. The molecular weight excluding hydrogens is 353 g/mol. The summed E-state index contributed by atoms with van der Waals surface area (Å²) < 4.78 is 41.1. The molecule has 0 saturated carbocycles. The Bertz CT molecular complexity index is 792. The molecule has 0 aliphatic carbocycles. The zero-order valence-electron chi connectivity index (χ0n) is 10.0. The lowest BCUT2D eigenvalue weighted by Gasteiger charge is -2.08. The van der Waals surface area contributed by atoms with Crippen LogP contribution >= 0.6 is 15.9 Å². The van der Waals surface area contributed by atoms with E-state index >= 15 is 0 Å². The molecule has 0 aliphatic rings. The zero-order valence-corrected chi connectivity index (χ0v) is 12.4. The normalized spacial score (nSPS) is 11.1. The molecule has 0 bridgehead atoms.